The zero-order chi connectivity index (χ0) is 13.7. The van der Waals surface area contributed by atoms with Crippen LogP contribution in [0.5, 0.6) is 0 Å². The first-order valence-electron chi connectivity index (χ1n) is 6.48. The maximum absolute atomic E-state index is 10.6. The molecular formula is C14H20N2O3. The van der Waals surface area contributed by atoms with Gasteiger partial charge in [-0.15, -0.1) is 0 Å². The van der Waals surface area contributed by atoms with Gasteiger partial charge in [-0.25, -0.2) is 4.79 Å². The largest absolute Gasteiger partial charge is 0.447 e. The molecule has 0 radical (unpaired) electrons. The molecule has 5 nitrogen and oxygen atoms in total. The third-order valence-corrected chi connectivity index (χ3v) is 3.52. The van der Waals surface area contributed by atoms with E-state index < -0.39 is 11.7 Å². The quantitative estimate of drug-likeness (QED) is 0.854. The molecule has 0 spiro atoms. The van der Waals surface area contributed by atoms with Gasteiger partial charge >= 0.3 is 6.09 Å². The van der Waals surface area contributed by atoms with Crippen LogP contribution in [0.2, 0.25) is 0 Å². The third-order valence-electron chi connectivity index (χ3n) is 3.52. The summed E-state index contributed by atoms with van der Waals surface area (Å²) in [6.45, 7) is 2.44. The molecule has 0 aliphatic carbocycles. The normalized spacial score (nSPS) is 19.0. The Balaban J connectivity index is 1.80. The highest BCUT2D eigenvalue weighted by atomic mass is 16.6. The summed E-state index contributed by atoms with van der Waals surface area (Å²) < 4.78 is 4.71. The SMILES string of the molecule is NC(=O)OCC1(O)CCN(Cc2ccccc2)CC1. The predicted molar refractivity (Wildman–Crippen MR) is 71.4 cm³/mol. The first kappa shape index (κ1) is 13.8. The van der Waals surface area contributed by atoms with Crippen LogP contribution in [0.1, 0.15) is 18.4 Å². The minimum absolute atomic E-state index is 0.0124. The molecule has 3 N–H and O–H groups in total. The highest BCUT2D eigenvalue weighted by molar-refractivity contribution is 5.64. The number of aliphatic hydroxyl groups is 1. The van der Waals surface area contributed by atoms with Crippen LogP contribution in [0, 0.1) is 0 Å². The number of carbonyl (C=O) groups excluding carboxylic acids is 1. The second kappa shape index (κ2) is 6.04. The molecule has 1 heterocycles. The summed E-state index contributed by atoms with van der Waals surface area (Å²) >= 11 is 0. The number of rotatable bonds is 4. The highest BCUT2D eigenvalue weighted by Gasteiger charge is 2.33. The smallest absolute Gasteiger partial charge is 0.404 e. The molecule has 0 aromatic heterocycles. The molecule has 1 aliphatic heterocycles. The monoisotopic (exact) mass is 264 g/mol. The van der Waals surface area contributed by atoms with Crippen LogP contribution in [0.25, 0.3) is 0 Å². The Morgan fingerprint density at radius 2 is 1.95 bits per heavy atom. The van der Waals surface area contributed by atoms with Crippen molar-refractivity contribution in [1.82, 2.24) is 4.90 Å². The number of carbonyl (C=O) groups is 1. The van der Waals surface area contributed by atoms with E-state index in [1.54, 1.807) is 0 Å². The van der Waals surface area contributed by atoms with Crippen molar-refractivity contribution in [2.45, 2.75) is 25.0 Å². The molecule has 1 saturated heterocycles. The number of piperidine rings is 1. The average molecular weight is 264 g/mol. The zero-order valence-corrected chi connectivity index (χ0v) is 10.9. The van der Waals surface area contributed by atoms with E-state index >= 15 is 0 Å². The van der Waals surface area contributed by atoms with Crippen LogP contribution in [0.3, 0.4) is 0 Å². The van der Waals surface area contributed by atoms with E-state index in [2.05, 4.69) is 17.0 Å². The number of nitrogens with zero attached hydrogens (tertiary/aromatic N) is 1. The summed E-state index contributed by atoms with van der Waals surface area (Å²) in [5.74, 6) is 0. The van der Waals surface area contributed by atoms with Crippen LogP contribution < -0.4 is 5.73 Å². The fourth-order valence-electron chi connectivity index (χ4n) is 2.32. The molecule has 0 unspecified atom stereocenters. The number of ether oxygens (including phenoxy) is 1. The molecule has 1 amide bonds. The van der Waals surface area contributed by atoms with Crippen molar-refractivity contribution in [1.29, 1.82) is 0 Å². The minimum atomic E-state index is -0.928. The molecule has 1 aromatic carbocycles. The van der Waals surface area contributed by atoms with Crippen molar-refractivity contribution in [3.8, 4) is 0 Å². The van der Waals surface area contributed by atoms with Gasteiger partial charge in [0.15, 0.2) is 0 Å². The Morgan fingerprint density at radius 3 is 2.53 bits per heavy atom. The number of benzene rings is 1. The number of hydrogen-bond acceptors (Lipinski definition) is 4. The van der Waals surface area contributed by atoms with Crippen LogP contribution in [-0.2, 0) is 11.3 Å². The van der Waals surface area contributed by atoms with E-state index in [9.17, 15) is 9.90 Å². The number of primary amides is 1. The molecule has 104 valence electrons. The Morgan fingerprint density at radius 1 is 1.32 bits per heavy atom. The van der Waals surface area contributed by atoms with Gasteiger partial charge in [0.25, 0.3) is 0 Å². The number of amides is 1. The van der Waals surface area contributed by atoms with Crippen molar-refractivity contribution in [3.63, 3.8) is 0 Å². The summed E-state index contributed by atoms with van der Waals surface area (Å²) in [6, 6.07) is 10.2. The molecule has 0 bridgehead atoms. The summed E-state index contributed by atoms with van der Waals surface area (Å²) in [7, 11) is 0. The number of likely N-dealkylation sites (tertiary alicyclic amines) is 1. The van der Waals surface area contributed by atoms with E-state index in [0.29, 0.717) is 12.8 Å². The van der Waals surface area contributed by atoms with Crippen molar-refractivity contribution in [2.75, 3.05) is 19.7 Å². The van der Waals surface area contributed by atoms with Gasteiger partial charge in [0, 0.05) is 19.6 Å². The lowest BCUT2D eigenvalue weighted by Gasteiger charge is -2.37. The van der Waals surface area contributed by atoms with Crippen LogP contribution >= 0.6 is 0 Å². The van der Waals surface area contributed by atoms with Gasteiger partial charge in [-0.1, -0.05) is 30.3 Å². The van der Waals surface area contributed by atoms with E-state index in [0.717, 1.165) is 19.6 Å². The Labute approximate surface area is 113 Å². The Bertz CT molecular complexity index is 414. The number of nitrogens with two attached hydrogens (primary N) is 1. The average Bonchev–Trinajstić information content (AvgIpc) is 2.41. The van der Waals surface area contributed by atoms with Crippen LogP contribution in [0.4, 0.5) is 4.79 Å². The van der Waals surface area contributed by atoms with Crippen molar-refractivity contribution in [2.24, 2.45) is 5.73 Å². The second-order valence-corrected chi connectivity index (χ2v) is 5.09. The maximum Gasteiger partial charge on any atom is 0.404 e. The topological polar surface area (TPSA) is 75.8 Å². The molecule has 2 rings (SSSR count). The Hall–Kier alpha value is -1.59. The highest BCUT2D eigenvalue weighted by Crippen LogP contribution is 2.23. The number of hydrogen-bond donors (Lipinski definition) is 2. The summed E-state index contributed by atoms with van der Waals surface area (Å²) in [6.07, 6.45) is 0.348. The molecule has 0 saturated carbocycles. The van der Waals surface area contributed by atoms with Gasteiger partial charge in [0.2, 0.25) is 0 Å². The van der Waals surface area contributed by atoms with E-state index in [1.165, 1.54) is 5.56 Å². The third kappa shape index (κ3) is 4.22. The van der Waals surface area contributed by atoms with Crippen LogP contribution in [-0.4, -0.2) is 41.4 Å². The summed E-state index contributed by atoms with van der Waals surface area (Å²) in [5, 5.41) is 10.2. The lowest BCUT2D eigenvalue weighted by molar-refractivity contribution is -0.0630. The lowest BCUT2D eigenvalue weighted by Crippen LogP contribution is -2.47. The molecule has 1 aliphatic rings. The zero-order valence-electron chi connectivity index (χ0n) is 10.9. The lowest BCUT2D eigenvalue weighted by atomic mass is 9.92. The first-order chi connectivity index (χ1) is 9.07. The predicted octanol–water partition coefficient (Wildman–Crippen LogP) is 1.11. The second-order valence-electron chi connectivity index (χ2n) is 5.09. The molecular weight excluding hydrogens is 244 g/mol. The van der Waals surface area contributed by atoms with Gasteiger partial charge in [0.05, 0.1) is 0 Å². The first-order valence-corrected chi connectivity index (χ1v) is 6.48. The van der Waals surface area contributed by atoms with E-state index in [4.69, 9.17) is 10.5 Å². The maximum atomic E-state index is 10.6. The minimum Gasteiger partial charge on any atom is -0.447 e. The standard InChI is InChI=1S/C14H20N2O3/c15-13(17)19-11-14(18)6-8-16(9-7-14)10-12-4-2-1-3-5-12/h1-5,18H,6-11H2,(H2,15,17). The molecule has 5 heteroatoms. The van der Waals surface area contributed by atoms with Crippen molar-refractivity contribution in [3.05, 3.63) is 35.9 Å². The fourth-order valence-corrected chi connectivity index (χ4v) is 2.32. The molecule has 1 fully saturated rings. The van der Waals surface area contributed by atoms with E-state index in [1.807, 2.05) is 18.2 Å². The fraction of sp³-hybridized carbons (Fsp3) is 0.500. The molecule has 1 aromatic rings. The summed E-state index contributed by atoms with van der Waals surface area (Å²) in [5.41, 5.74) is 5.25. The Kier molecular flexibility index (Phi) is 4.39. The van der Waals surface area contributed by atoms with Crippen molar-refractivity contribution < 1.29 is 14.6 Å². The molecule has 0 atom stereocenters. The van der Waals surface area contributed by atoms with Crippen molar-refractivity contribution >= 4 is 6.09 Å². The van der Waals surface area contributed by atoms with Gasteiger partial charge in [0.1, 0.15) is 12.2 Å². The van der Waals surface area contributed by atoms with Gasteiger partial charge in [-0.3, -0.25) is 4.90 Å². The van der Waals surface area contributed by atoms with E-state index in [-0.39, 0.29) is 6.61 Å². The van der Waals surface area contributed by atoms with Gasteiger partial charge in [-0.2, -0.15) is 0 Å². The van der Waals surface area contributed by atoms with Gasteiger partial charge < -0.3 is 15.6 Å². The van der Waals surface area contributed by atoms with Crippen LogP contribution in [0.15, 0.2) is 30.3 Å². The molecule has 19 heavy (non-hydrogen) atoms. The summed E-state index contributed by atoms with van der Waals surface area (Å²) in [4.78, 5) is 12.9. The van der Waals surface area contributed by atoms with Gasteiger partial charge in [-0.05, 0) is 18.4 Å².